The van der Waals surface area contributed by atoms with Gasteiger partial charge in [-0.05, 0) is 52.2 Å². The minimum absolute atomic E-state index is 0.0249. The Morgan fingerprint density at radius 3 is 2.39 bits per heavy atom. The fourth-order valence-electron chi connectivity index (χ4n) is 2.42. The van der Waals surface area contributed by atoms with E-state index in [1.54, 1.807) is 0 Å². The van der Waals surface area contributed by atoms with Gasteiger partial charge in [0.15, 0.2) is 6.29 Å². The second-order valence-electron chi connectivity index (χ2n) is 4.89. The molecule has 0 aliphatic heterocycles. The average Bonchev–Trinajstić information content (AvgIpc) is 2.40. The van der Waals surface area contributed by atoms with Crippen molar-refractivity contribution in [2.45, 2.75) is 77.5 Å². The summed E-state index contributed by atoms with van der Waals surface area (Å²) in [6.07, 6.45) is 11.9. The molecule has 0 aromatic rings. The zero-order valence-corrected chi connectivity index (χ0v) is 12.1. The fraction of sp³-hybridized carbons (Fsp3) is 0.933. The number of ether oxygens (including phenoxy) is 2. The minimum atomic E-state index is -0.0249. The van der Waals surface area contributed by atoms with Crippen molar-refractivity contribution >= 4 is 6.21 Å². The maximum atomic E-state index is 5.51. The molecule has 0 saturated heterocycles. The third-order valence-electron chi connectivity index (χ3n) is 3.37. The van der Waals surface area contributed by atoms with Gasteiger partial charge in [-0.1, -0.05) is 19.3 Å². The molecule has 1 rings (SSSR count). The predicted molar refractivity (Wildman–Crippen MR) is 76.3 cm³/mol. The molecule has 0 amide bonds. The molecule has 0 radical (unpaired) electrons. The van der Waals surface area contributed by atoms with Crippen molar-refractivity contribution in [3.63, 3.8) is 0 Å². The van der Waals surface area contributed by atoms with Crippen molar-refractivity contribution in [3.05, 3.63) is 0 Å². The van der Waals surface area contributed by atoms with Crippen LogP contribution in [-0.4, -0.2) is 31.8 Å². The summed E-state index contributed by atoms with van der Waals surface area (Å²) in [7, 11) is 0. The van der Waals surface area contributed by atoms with Crippen LogP contribution < -0.4 is 0 Å². The van der Waals surface area contributed by atoms with E-state index in [0.717, 1.165) is 32.5 Å². The minimum Gasteiger partial charge on any atom is -0.353 e. The molecule has 0 unspecified atom stereocenters. The van der Waals surface area contributed by atoms with Gasteiger partial charge < -0.3 is 9.47 Å². The lowest BCUT2D eigenvalue weighted by molar-refractivity contribution is -0.139. The Kier molecular flexibility index (Phi) is 9.13. The van der Waals surface area contributed by atoms with Gasteiger partial charge >= 0.3 is 0 Å². The lowest BCUT2D eigenvalue weighted by Gasteiger charge is -2.17. The van der Waals surface area contributed by atoms with Gasteiger partial charge in [0.1, 0.15) is 0 Å². The summed E-state index contributed by atoms with van der Waals surface area (Å²) in [5, 5.41) is 0. The van der Waals surface area contributed by atoms with E-state index in [-0.39, 0.29) is 6.29 Å². The van der Waals surface area contributed by atoms with Gasteiger partial charge in [0, 0.05) is 19.3 Å². The first kappa shape index (κ1) is 15.6. The quantitative estimate of drug-likeness (QED) is 0.355. The van der Waals surface area contributed by atoms with E-state index in [1.807, 2.05) is 13.8 Å². The highest BCUT2D eigenvalue weighted by molar-refractivity contribution is 5.57. The summed E-state index contributed by atoms with van der Waals surface area (Å²) in [6, 6.07) is 0.605. The number of hydrogen-bond acceptors (Lipinski definition) is 3. The second kappa shape index (κ2) is 10.5. The molecule has 0 atom stereocenters. The van der Waals surface area contributed by atoms with Crippen LogP contribution in [0.25, 0.3) is 0 Å². The van der Waals surface area contributed by atoms with Crippen LogP contribution in [0.5, 0.6) is 0 Å². The first-order chi connectivity index (χ1) is 8.86. The van der Waals surface area contributed by atoms with E-state index in [0.29, 0.717) is 6.04 Å². The van der Waals surface area contributed by atoms with Crippen LogP contribution in [-0.2, 0) is 9.47 Å². The monoisotopic (exact) mass is 255 g/mol. The molecular weight excluding hydrogens is 226 g/mol. The predicted octanol–water partition coefficient (Wildman–Crippen LogP) is 3.96. The SMILES string of the molecule is CCOC(CCCC=NC1CCCCC1)OCC. The first-order valence-electron chi connectivity index (χ1n) is 7.61. The van der Waals surface area contributed by atoms with Crippen LogP contribution in [0.2, 0.25) is 0 Å². The van der Waals surface area contributed by atoms with Crippen LogP contribution >= 0.6 is 0 Å². The Bertz CT molecular complexity index is 207. The van der Waals surface area contributed by atoms with Gasteiger partial charge in [0.2, 0.25) is 0 Å². The molecule has 1 aliphatic carbocycles. The number of unbranched alkanes of at least 4 members (excludes halogenated alkanes) is 1. The molecule has 0 spiro atoms. The van der Waals surface area contributed by atoms with Crippen molar-refractivity contribution in [2.75, 3.05) is 13.2 Å². The number of nitrogens with zero attached hydrogens (tertiary/aromatic N) is 1. The van der Waals surface area contributed by atoms with Gasteiger partial charge in [-0.15, -0.1) is 0 Å². The highest BCUT2D eigenvalue weighted by Crippen LogP contribution is 2.20. The van der Waals surface area contributed by atoms with Crippen molar-refractivity contribution < 1.29 is 9.47 Å². The van der Waals surface area contributed by atoms with Gasteiger partial charge in [0.25, 0.3) is 0 Å². The highest BCUT2D eigenvalue weighted by Gasteiger charge is 2.10. The molecule has 0 N–H and O–H groups in total. The van der Waals surface area contributed by atoms with E-state index in [2.05, 4.69) is 11.2 Å². The molecule has 0 bridgehead atoms. The maximum Gasteiger partial charge on any atom is 0.157 e. The molecule has 0 aromatic heterocycles. The normalized spacial score (nSPS) is 17.9. The Hall–Kier alpha value is -0.410. The van der Waals surface area contributed by atoms with Crippen molar-refractivity contribution in [2.24, 2.45) is 4.99 Å². The number of rotatable bonds is 9. The van der Waals surface area contributed by atoms with Gasteiger partial charge in [0.05, 0.1) is 0 Å². The van der Waals surface area contributed by atoms with Crippen LogP contribution in [0.3, 0.4) is 0 Å². The lowest BCUT2D eigenvalue weighted by Crippen LogP contribution is -2.17. The molecule has 3 heteroatoms. The molecule has 1 fully saturated rings. The van der Waals surface area contributed by atoms with E-state index in [4.69, 9.17) is 9.47 Å². The standard InChI is InChI=1S/C15H29NO2/c1-3-17-15(18-4-2)12-8-9-13-16-14-10-6-5-7-11-14/h13-15H,3-12H2,1-2H3. The summed E-state index contributed by atoms with van der Waals surface area (Å²) >= 11 is 0. The van der Waals surface area contributed by atoms with Crippen LogP contribution in [0, 0.1) is 0 Å². The molecular formula is C15H29NO2. The number of hydrogen-bond donors (Lipinski definition) is 0. The average molecular weight is 255 g/mol. The number of aliphatic imine (C=N–C) groups is 1. The Morgan fingerprint density at radius 2 is 1.78 bits per heavy atom. The summed E-state index contributed by atoms with van der Waals surface area (Å²) < 4.78 is 11.0. The van der Waals surface area contributed by atoms with E-state index in [9.17, 15) is 0 Å². The van der Waals surface area contributed by atoms with E-state index in [1.165, 1.54) is 32.1 Å². The van der Waals surface area contributed by atoms with Crippen molar-refractivity contribution in [3.8, 4) is 0 Å². The molecule has 0 aromatic carbocycles. The third-order valence-corrected chi connectivity index (χ3v) is 3.37. The topological polar surface area (TPSA) is 30.8 Å². The Balaban J connectivity index is 2.06. The van der Waals surface area contributed by atoms with Gasteiger partial charge in [-0.3, -0.25) is 4.99 Å². The van der Waals surface area contributed by atoms with Crippen molar-refractivity contribution in [1.29, 1.82) is 0 Å². The van der Waals surface area contributed by atoms with Crippen LogP contribution in [0.15, 0.2) is 4.99 Å². The maximum absolute atomic E-state index is 5.51. The molecule has 1 saturated carbocycles. The smallest absolute Gasteiger partial charge is 0.157 e. The fourth-order valence-corrected chi connectivity index (χ4v) is 2.42. The zero-order valence-electron chi connectivity index (χ0n) is 12.1. The molecule has 1 aliphatic rings. The van der Waals surface area contributed by atoms with E-state index >= 15 is 0 Å². The summed E-state index contributed by atoms with van der Waals surface area (Å²) in [6.45, 7) is 5.47. The highest BCUT2D eigenvalue weighted by atomic mass is 16.7. The molecule has 18 heavy (non-hydrogen) atoms. The first-order valence-corrected chi connectivity index (χ1v) is 7.61. The van der Waals surface area contributed by atoms with Gasteiger partial charge in [-0.25, -0.2) is 0 Å². The van der Waals surface area contributed by atoms with Crippen LogP contribution in [0.1, 0.15) is 65.2 Å². The molecule has 106 valence electrons. The Morgan fingerprint density at radius 1 is 1.11 bits per heavy atom. The third kappa shape index (κ3) is 7.12. The Labute approximate surface area is 112 Å². The summed E-state index contributed by atoms with van der Waals surface area (Å²) in [5.74, 6) is 0. The largest absolute Gasteiger partial charge is 0.353 e. The van der Waals surface area contributed by atoms with Crippen LogP contribution in [0.4, 0.5) is 0 Å². The molecule has 0 heterocycles. The van der Waals surface area contributed by atoms with E-state index < -0.39 is 0 Å². The lowest BCUT2D eigenvalue weighted by atomic mass is 9.96. The zero-order chi connectivity index (χ0) is 13.1. The van der Waals surface area contributed by atoms with Crippen molar-refractivity contribution in [1.82, 2.24) is 0 Å². The summed E-state index contributed by atoms with van der Waals surface area (Å²) in [4.78, 5) is 4.67. The van der Waals surface area contributed by atoms with Gasteiger partial charge in [-0.2, -0.15) is 0 Å². The second-order valence-corrected chi connectivity index (χ2v) is 4.89. The molecule has 3 nitrogen and oxygen atoms in total. The summed E-state index contributed by atoms with van der Waals surface area (Å²) in [5.41, 5.74) is 0.